The number of nitrogens with one attached hydrogen (secondary N) is 1. The lowest BCUT2D eigenvalue weighted by Crippen LogP contribution is -2.45. The molecule has 0 aromatic carbocycles. The zero-order valence-electron chi connectivity index (χ0n) is 57.1. The van der Waals surface area contributed by atoms with Gasteiger partial charge in [-0.3, -0.25) is 9.59 Å². The molecule has 0 saturated carbocycles. The summed E-state index contributed by atoms with van der Waals surface area (Å²) in [6.45, 7) is 4.86. The van der Waals surface area contributed by atoms with Gasteiger partial charge in [0.2, 0.25) is 5.91 Å². The first kappa shape index (κ1) is 82.6. The summed E-state index contributed by atoms with van der Waals surface area (Å²) in [5.41, 5.74) is 0. The van der Waals surface area contributed by atoms with E-state index in [1.54, 1.807) is 6.08 Å². The highest BCUT2D eigenvalue weighted by molar-refractivity contribution is 5.76. The maximum absolute atomic E-state index is 12.5. The van der Waals surface area contributed by atoms with Crippen LogP contribution in [0.5, 0.6) is 0 Å². The number of rotatable bonds is 71. The zero-order valence-corrected chi connectivity index (χ0v) is 57.1. The fraction of sp³-hybridized carbons (Fsp3) is 0.848. The highest BCUT2D eigenvalue weighted by atomic mass is 16.5. The SMILES string of the molecule is CCC/C=C\C/C=C\CCCCCCCC(=O)OCCCCCCCCCCC/C=C\C/C=C\CCCCCCCCCCCCCCCCCC(=O)NC(CO)C(O)/C=C/CCCCCCCCCCCCCCCCCCCCCCCC. The number of ether oxygens (including phenoxy) is 1. The third kappa shape index (κ3) is 70.5. The number of carbonyl (C=O) groups is 2. The van der Waals surface area contributed by atoms with Crippen molar-refractivity contribution in [1.29, 1.82) is 0 Å². The standard InChI is InChI=1S/C79H147NO5/c1-3-5-7-9-11-13-15-17-18-19-20-21-22-32-35-38-41-44-48-51-55-59-63-67-71-77(82)76(75-81)80-78(83)72-68-64-60-56-52-49-45-42-39-36-33-30-28-26-24-23-25-27-29-31-34-37-40-43-46-50-54-58-62-66-70-74-85-79(84)73-69-65-61-57-53-47-16-14-12-10-8-6-4-2/h8,10,14,16,25,27,31,34,67,71,76-77,81-82H,3-7,9,11-13,15,17-24,26,28-30,32-33,35-66,68-70,72-75H2,1-2H3,(H,80,83)/b10-8-,16-14-,27-25-,34-31-,71-67+. The van der Waals surface area contributed by atoms with Crippen LogP contribution in [-0.2, 0) is 14.3 Å². The second-order valence-corrected chi connectivity index (χ2v) is 26.0. The number of amides is 1. The van der Waals surface area contributed by atoms with Gasteiger partial charge in [-0.1, -0.05) is 364 Å². The van der Waals surface area contributed by atoms with Crippen molar-refractivity contribution in [3.8, 4) is 0 Å². The Labute approximate surface area is 530 Å². The van der Waals surface area contributed by atoms with E-state index in [2.05, 4.69) is 67.8 Å². The molecule has 0 aromatic rings. The Morgan fingerprint density at radius 3 is 0.941 bits per heavy atom. The average molecular weight is 1190 g/mol. The van der Waals surface area contributed by atoms with Crippen molar-refractivity contribution < 1.29 is 24.5 Å². The Hall–Kier alpha value is -2.44. The number of esters is 1. The molecule has 498 valence electrons. The third-order valence-electron chi connectivity index (χ3n) is 17.5. The van der Waals surface area contributed by atoms with Crippen LogP contribution in [0, 0.1) is 0 Å². The maximum atomic E-state index is 12.5. The topological polar surface area (TPSA) is 95.9 Å². The number of hydrogen-bond donors (Lipinski definition) is 3. The first-order valence-electron chi connectivity index (χ1n) is 38.1. The van der Waals surface area contributed by atoms with Crippen LogP contribution in [0.3, 0.4) is 0 Å². The van der Waals surface area contributed by atoms with E-state index in [1.165, 1.54) is 321 Å². The highest BCUT2D eigenvalue weighted by Gasteiger charge is 2.18. The summed E-state index contributed by atoms with van der Waals surface area (Å²) in [5.74, 6) is -0.0661. The summed E-state index contributed by atoms with van der Waals surface area (Å²) >= 11 is 0. The van der Waals surface area contributed by atoms with Gasteiger partial charge in [-0.25, -0.2) is 0 Å². The molecule has 6 heteroatoms. The quantitative estimate of drug-likeness (QED) is 0.0320. The van der Waals surface area contributed by atoms with Gasteiger partial charge in [-0.05, 0) is 89.9 Å². The molecule has 0 radical (unpaired) electrons. The van der Waals surface area contributed by atoms with Crippen molar-refractivity contribution in [1.82, 2.24) is 5.32 Å². The normalized spacial score (nSPS) is 12.8. The summed E-state index contributed by atoms with van der Waals surface area (Å²) in [4.78, 5) is 24.6. The molecule has 0 aliphatic carbocycles. The summed E-state index contributed by atoms with van der Waals surface area (Å²) in [5, 5.41) is 23.3. The predicted molar refractivity (Wildman–Crippen MR) is 375 cm³/mol. The first-order valence-corrected chi connectivity index (χ1v) is 38.1. The lowest BCUT2D eigenvalue weighted by molar-refractivity contribution is -0.143. The van der Waals surface area contributed by atoms with Crippen LogP contribution < -0.4 is 5.32 Å². The van der Waals surface area contributed by atoms with Crippen molar-refractivity contribution in [2.45, 2.75) is 418 Å². The van der Waals surface area contributed by atoms with Crippen LogP contribution in [0.1, 0.15) is 406 Å². The second kappa shape index (κ2) is 74.0. The molecule has 0 saturated heterocycles. The Bertz CT molecular complexity index is 1470. The van der Waals surface area contributed by atoms with Crippen LogP contribution in [0.4, 0.5) is 0 Å². The monoisotopic (exact) mass is 1190 g/mol. The molecule has 2 atom stereocenters. The van der Waals surface area contributed by atoms with Crippen LogP contribution in [0.2, 0.25) is 0 Å². The zero-order chi connectivity index (χ0) is 61.3. The molecule has 0 aliphatic rings. The van der Waals surface area contributed by atoms with Crippen molar-refractivity contribution >= 4 is 11.9 Å². The predicted octanol–water partition coefficient (Wildman–Crippen LogP) is 25.0. The molecular formula is C79H147NO5. The fourth-order valence-electron chi connectivity index (χ4n) is 11.7. The maximum Gasteiger partial charge on any atom is 0.305 e. The number of hydrogen-bond acceptors (Lipinski definition) is 5. The lowest BCUT2D eigenvalue weighted by Gasteiger charge is -2.20. The summed E-state index contributed by atoms with van der Waals surface area (Å²) in [6, 6.07) is -0.630. The smallest absolute Gasteiger partial charge is 0.305 e. The molecule has 0 heterocycles. The summed E-state index contributed by atoms with van der Waals surface area (Å²) in [6.07, 6.45) is 99.0. The van der Waals surface area contributed by atoms with E-state index in [4.69, 9.17) is 4.74 Å². The number of unbranched alkanes of at least 4 members (excludes halogenated alkanes) is 52. The molecule has 85 heavy (non-hydrogen) atoms. The van der Waals surface area contributed by atoms with E-state index in [0.717, 1.165) is 57.8 Å². The molecule has 0 bridgehead atoms. The molecule has 6 nitrogen and oxygen atoms in total. The number of aliphatic hydroxyl groups excluding tert-OH is 2. The van der Waals surface area contributed by atoms with Gasteiger partial charge >= 0.3 is 5.97 Å². The largest absolute Gasteiger partial charge is 0.466 e. The van der Waals surface area contributed by atoms with Crippen molar-refractivity contribution in [3.63, 3.8) is 0 Å². The van der Waals surface area contributed by atoms with Crippen LogP contribution in [-0.4, -0.2) is 47.4 Å². The van der Waals surface area contributed by atoms with E-state index < -0.39 is 12.1 Å². The minimum atomic E-state index is -0.847. The molecular weight excluding hydrogens is 1040 g/mol. The summed E-state index contributed by atoms with van der Waals surface area (Å²) in [7, 11) is 0. The van der Waals surface area contributed by atoms with Gasteiger partial charge in [0.05, 0.1) is 25.4 Å². The Morgan fingerprint density at radius 1 is 0.329 bits per heavy atom. The van der Waals surface area contributed by atoms with Gasteiger partial charge < -0.3 is 20.3 Å². The summed E-state index contributed by atoms with van der Waals surface area (Å²) < 4.78 is 5.47. The molecule has 1 amide bonds. The van der Waals surface area contributed by atoms with Crippen LogP contribution in [0.25, 0.3) is 0 Å². The Morgan fingerprint density at radius 2 is 0.612 bits per heavy atom. The van der Waals surface area contributed by atoms with Crippen LogP contribution >= 0.6 is 0 Å². The van der Waals surface area contributed by atoms with Gasteiger partial charge in [-0.2, -0.15) is 0 Å². The van der Waals surface area contributed by atoms with E-state index in [0.29, 0.717) is 19.4 Å². The van der Waals surface area contributed by atoms with Gasteiger partial charge in [0.25, 0.3) is 0 Å². The molecule has 3 N–H and O–H groups in total. The van der Waals surface area contributed by atoms with E-state index in [9.17, 15) is 19.8 Å². The fourth-order valence-corrected chi connectivity index (χ4v) is 11.7. The molecule has 0 rings (SSSR count). The molecule has 0 aromatic heterocycles. The molecule has 2 unspecified atom stereocenters. The van der Waals surface area contributed by atoms with E-state index in [1.807, 2.05) is 6.08 Å². The highest BCUT2D eigenvalue weighted by Crippen LogP contribution is 2.19. The molecule has 0 fully saturated rings. The minimum Gasteiger partial charge on any atom is -0.466 e. The van der Waals surface area contributed by atoms with Crippen LogP contribution in [0.15, 0.2) is 60.8 Å². The Kier molecular flexibility index (Phi) is 71.9. The number of aliphatic hydroxyl groups is 2. The minimum absolute atomic E-state index is 0.00250. The van der Waals surface area contributed by atoms with Gasteiger partial charge in [0.15, 0.2) is 0 Å². The van der Waals surface area contributed by atoms with Crippen molar-refractivity contribution in [2.24, 2.45) is 0 Å². The number of carbonyl (C=O) groups excluding carboxylic acids is 2. The van der Waals surface area contributed by atoms with Gasteiger partial charge in [-0.15, -0.1) is 0 Å². The first-order chi connectivity index (χ1) is 42.0. The second-order valence-electron chi connectivity index (χ2n) is 26.0. The van der Waals surface area contributed by atoms with Crippen molar-refractivity contribution in [3.05, 3.63) is 60.8 Å². The van der Waals surface area contributed by atoms with E-state index in [-0.39, 0.29) is 18.5 Å². The molecule has 0 spiro atoms. The third-order valence-corrected chi connectivity index (χ3v) is 17.5. The Balaban J connectivity index is 3.43. The number of allylic oxidation sites excluding steroid dienone is 9. The lowest BCUT2D eigenvalue weighted by atomic mass is 10.0. The van der Waals surface area contributed by atoms with Gasteiger partial charge in [0.1, 0.15) is 0 Å². The molecule has 0 aliphatic heterocycles. The van der Waals surface area contributed by atoms with E-state index >= 15 is 0 Å². The average Bonchev–Trinajstić information content (AvgIpc) is 3.51. The van der Waals surface area contributed by atoms with Gasteiger partial charge in [0, 0.05) is 12.8 Å². The van der Waals surface area contributed by atoms with Crippen molar-refractivity contribution in [2.75, 3.05) is 13.2 Å².